The van der Waals surface area contributed by atoms with E-state index in [1.165, 1.54) is 0 Å². The summed E-state index contributed by atoms with van der Waals surface area (Å²) in [6.07, 6.45) is 1.49. The smallest absolute Gasteiger partial charge is 0.352 e. The molecule has 132 valence electrons. The molecule has 1 atom stereocenters. The van der Waals surface area contributed by atoms with Crippen molar-refractivity contribution in [2.24, 2.45) is 0 Å². The van der Waals surface area contributed by atoms with Gasteiger partial charge in [0.1, 0.15) is 5.69 Å². The molecule has 1 unspecified atom stereocenters. The van der Waals surface area contributed by atoms with Crippen LogP contribution in [0, 0.1) is 0 Å². The largest absolute Gasteiger partial charge is 0.477 e. The summed E-state index contributed by atoms with van der Waals surface area (Å²) in [6.45, 7) is 3.24. The minimum atomic E-state index is -1.31. The molecule has 0 spiro atoms. The number of aromatic amines is 1. The van der Waals surface area contributed by atoms with Crippen molar-refractivity contribution in [1.29, 1.82) is 0 Å². The van der Waals surface area contributed by atoms with Crippen LogP contribution < -0.4 is 11.2 Å². The molecule has 9 nitrogen and oxygen atoms in total. The Bertz CT molecular complexity index is 713. The predicted molar refractivity (Wildman–Crippen MR) is 83.4 cm³/mol. The van der Waals surface area contributed by atoms with Crippen LogP contribution in [0.15, 0.2) is 9.59 Å². The number of nitrogens with one attached hydrogen (secondary N) is 1. The zero-order valence-electron chi connectivity index (χ0n) is 13.3. The third kappa shape index (κ3) is 3.58. The normalized spacial score (nSPS) is 21.9. The molecule has 3 heterocycles. The van der Waals surface area contributed by atoms with E-state index in [4.69, 9.17) is 9.47 Å². The van der Waals surface area contributed by atoms with E-state index in [0.717, 1.165) is 17.4 Å². The van der Waals surface area contributed by atoms with E-state index in [1.54, 1.807) is 0 Å². The van der Waals surface area contributed by atoms with Gasteiger partial charge in [-0.1, -0.05) is 0 Å². The lowest BCUT2D eigenvalue weighted by atomic mass is 10.2. The van der Waals surface area contributed by atoms with Gasteiger partial charge in [-0.25, -0.2) is 9.59 Å². The predicted octanol–water partition coefficient (Wildman–Crippen LogP) is -0.754. The number of aromatic carboxylic acids is 1. The monoisotopic (exact) mass is 339 g/mol. The van der Waals surface area contributed by atoms with Gasteiger partial charge in [-0.2, -0.15) is 0 Å². The van der Waals surface area contributed by atoms with Crippen molar-refractivity contribution in [2.75, 3.05) is 32.9 Å². The second-order valence-electron chi connectivity index (χ2n) is 6.03. The number of aromatic nitrogens is 2. The number of rotatable bonds is 5. The van der Waals surface area contributed by atoms with Crippen LogP contribution >= 0.6 is 0 Å². The summed E-state index contributed by atoms with van der Waals surface area (Å²) in [5, 5.41) is 9.33. The second-order valence-corrected chi connectivity index (χ2v) is 6.03. The van der Waals surface area contributed by atoms with Crippen molar-refractivity contribution in [3.05, 3.63) is 32.1 Å². The van der Waals surface area contributed by atoms with Gasteiger partial charge in [-0.05, 0) is 12.8 Å². The van der Waals surface area contributed by atoms with Crippen LogP contribution in [-0.2, 0) is 22.6 Å². The van der Waals surface area contributed by atoms with Crippen molar-refractivity contribution < 1.29 is 19.4 Å². The number of nitrogens with zero attached hydrogens (tertiary/aromatic N) is 2. The van der Waals surface area contributed by atoms with Gasteiger partial charge in [0.05, 0.1) is 31.4 Å². The molecule has 0 bridgehead atoms. The summed E-state index contributed by atoms with van der Waals surface area (Å²) in [4.78, 5) is 40.6. The fourth-order valence-corrected chi connectivity index (χ4v) is 3.08. The van der Waals surface area contributed by atoms with Crippen molar-refractivity contribution in [2.45, 2.75) is 32.0 Å². The van der Waals surface area contributed by atoms with Gasteiger partial charge in [-0.15, -0.1) is 0 Å². The Balaban J connectivity index is 1.95. The van der Waals surface area contributed by atoms with Gasteiger partial charge in [0.2, 0.25) is 0 Å². The second kappa shape index (κ2) is 7.29. The number of carboxylic acids is 1. The first-order valence-corrected chi connectivity index (χ1v) is 8.07. The van der Waals surface area contributed by atoms with Crippen molar-refractivity contribution >= 4 is 5.97 Å². The summed E-state index contributed by atoms with van der Waals surface area (Å²) in [6, 6.07) is 0. The van der Waals surface area contributed by atoms with E-state index >= 15 is 0 Å². The lowest BCUT2D eigenvalue weighted by Crippen LogP contribution is -2.44. The zero-order valence-corrected chi connectivity index (χ0v) is 13.3. The van der Waals surface area contributed by atoms with E-state index in [2.05, 4.69) is 4.98 Å². The molecule has 2 fully saturated rings. The van der Waals surface area contributed by atoms with E-state index in [1.807, 2.05) is 4.90 Å². The zero-order chi connectivity index (χ0) is 17.1. The fourth-order valence-electron chi connectivity index (χ4n) is 3.08. The topological polar surface area (TPSA) is 114 Å². The van der Waals surface area contributed by atoms with Crippen LogP contribution in [0.25, 0.3) is 0 Å². The van der Waals surface area contributed by atoms with Gasteiger partial charge in [-0.3, -0.25) is 14.3 Å². The molecule has 0 aliphatic carbocycles. The maximum absolute atomic E-state index is 12.7. The Hall–Kier alpha value is -1.97. The maximum Gasteiger partial charge on any atom is 0.352 e. The average Bonchev–Trinajstić information content (AvgIpc) is 3.08. The summed E-state index contributed by atoms with van der Waals surface area (Å²) < 4.78 is 11.8. The molecular formula is C15H21N3O6. The Labute approximate surface area is 137 Å². The highest BCUT2D eigenvalue weighted by Crippen LogP contribution is 2.13. The van der Waals surface area contributed by atoms with Gasteiger partial charge in [0.25, 0.3) is 5.56 Å². The highest BCUT2D eigenvalue weighted by Gasteiger charge is 2.24. The number of ether oxygens (including phenoxy) is 2. The number of morpholine rings is 1. The highest BCUT2D eigenvalue weighted by atomic mass is 16.5. The number of H-pyrrole nitrogens is 1. The van der Waals surface area contributed by atoms with Crippen LogP contribution in [0.2, 0.25) is 0 Å². The van der Waals surface area contributed by atoms with Crippen LogP contribution in [0.4, 0.5) is 0 Å². The molecule has 9 heteroatoms. The maximum atomic E-state index is 12.7. The Kier molecular flexibility index (Phi) is 5.12. The third-order valence-corrected chi connectivity index (χ3v) is 4.39. The molecular weight excluding hydrogens is 318 g/mol. The number of hydrogen-bond acceptors (Lipinski definition) is 6. The molecule has 0 aromatic carbocycles. The molecule has 0 saturated carbocycles. The van der Waals surface area contributed by atoms with Crippen LogP contribution in [0.1, 0.15) is 28.9 Å². The van der Waals surface area contributed by atoms with Crippen molar-refractivity contribution in [3.8, 4) is 0 Å². The molecule has 24 heavy (non-hydrogen) atoms. The molecule has 2 aliphatic heterocycles. The van der Waals surface area contributed by atoms with Gasteiger partial charge >= 0.3 is 11.7 Å². The van der Waals surface area contributed by atoms with E-state index in [9.17, 15) is 19.5 Å². The molecule has 1 aromatic rings. The summed E-state index contributed by atoms with van der Waals surface area (Å²) >= 11 is 0. The van der Waals surface area contributed by atoms with Crippen molar-refractivity contribution in [3.63, 3.8) is 0 Å². The average molecular weight is 339 g/mol. The van der Waals surface area contributed by atoms with Crippen LogP contribution in [0.3, 0.4) is 0 Å². The Morgan fingerprint density at radius 1 is 1.25 bits per heavy atom. The molecule has 0 radical (unpaired) electrons. The van der Waals surface area contributed by atoms with Gasteiger partial charge in [0.15, 0.2) is 0 Å². The lowest BCUT2D eigenvalue weighted by Gasteiger charge is -2.26. The SMILES string of the molecule is O=C(O)c1[nH]c(=O)n(CC2CCCO2)c(=O)c1CN1CCOCC1. The quantitative estimate of drug-likeness (QED) is 0.725. The van der Waals surface area contributed by atoms with E-state index in [0.29, 0.717) is 32.9 Å². The molecule has 3 rings (SSSR count). The first-order valence-electron chi connectivity index (χ1n) is 8.07. The lowest BCUT2D eigenvalue weighted by molar-refractivity contribution is 0.0335. The summed E-state index contributed by atoms with van der Waals surface area (Å²) in [5.74, 6) is -1.31. The summed E-state index contributed by atoms with van der Waals surface area (Å²) in [7, 11) is 0. The van der Waals surface area contributed by atoms with Crippen LogP contribution in [0.5, 0.6) is 0 Å². The number of carbonyl (C=O) groups is 1. The Morgan fingerprint density at radius 2 is 2.00 bits per heavy atom. The minimum Gasteiger partial charge on any atom is -0.477 e. The minimum absolute atomic E-state index is 0.0991. The van der Waals surface area contributed by atoms with E-state index in [-0.39, 0.29) is 30.5 Å². The molecule has 1 aromatic heterocycles. The third-order valence-electron chi connectivity index (χ3n) is 4.39. The Morgan fingerprint density at radius 3 is 2.62 bits per heavy atom. The van der Waals surface area contributed by atoms with E-state index < -0.39 is 17.2 Å². The van der Waals surface area contributed by atoms with Crippen LogP contribution in [-0.4, -0.2) is 64.5 Å². The first-order chi connectivity index (χ1) is 11.6. The first kappa shape index (κ1) is 16.9. The molecule has 2 N–H and O–H groups in total. The summed E-state index contributed by atoms with van der Waals surface area (Å²) in [5.41, 5.74) is -1.50. The van der Waals surface area contributed by atoms with Gasteiger partial charge < -0.3 is 19.6 Å². The molecule has 2 aliphatic rings. The number of hydrogen-bond donors (Lipinski definition) is 2. The molecule has 2 saturated heterocycles. The molecule has 0 amide bonds. The number of carboxylic acid groups (broad SMARTS) is 1. The standard InChI is InChI=1S/C15H21N3O6/c19-13-11(9-17-3-6-23-7-4-17)12(14(20)21)16-15(22)18(13)8-10-2-1-5-24-10/h10H,1-9H2,(H,16,22)(H,20,21). The fraction of sp³-hybridized carbons (Fsp3) is 0.667. The highest BCUT2D eigenvalue weighted by molar-refractivity contribution is 5.86. The van der Waals surface area contributed by atoms with Crippen molar-refractivity contribution in [1.82, 2.24) is 14.5 Å². The van der Waals surface area contributed by atoms with Gasteiger partial charge in [0, 0.05) is 26.2 Å².